The van der Waals surface area contributed by atoms with Crippen molar-refractivity contribution in [2.75, 3.05) is 38.7 Å². The largest absolute Gasteiger partial charge is 0.399 e. The maximum absolute atomic E-state index is 12.5. The van der Waals surface area contributed by atoms with E-state index in [1.54, 1.807) is 18.2 Å². The number of carbonyl (C=O) groups excluding carboxylic acids is 1. The zero-order chi connectivity index (χ0) is 14.6. The molecule has 0 aromatic heterocycles. The van der Waals surface area contributed by atoms with E-state index >= 15 is 0 Å². The molecule has 0 spiro atoms. The molecule has 1 amide bonds. The topological polar surface area (TPSA) is 75.6 Å². The van der Waals surface area contributed by atoms with E-state index < -0.39 is 0 Å². The minimum atomic E-state index is -0.0316. The molecule has 0 heterocycles. The van der Waals surface area contributed by atoms with Crippen LogP contribution in [0.2, 0.25) is 0 Å². The average molecular weight is 264 g/mol. The first-order chi connectivity index (χ1) is 8.85. The molecule has 1 aromatic rings. The summed E-state index contributed by atoms with van der Waals surface area (Å²) < 4.78 is 0. The van der Waals surface area contributed by atoms with Gasteiger partial charge in [0.25, 0.3) is 5.91 Å². The molecule has 0 fully saturated rings. The van der Waals surface area contributed by atoms with E-state index in [0.29, 0.717) is 23.5 Å². The maximum atomic E-state index is 12.5. The van der Waals surface area contributed by atoms with Crippen molar-refractivity contribution in [3.05, 3.63) is 23.8 Å². The van der Waals surface area contributed by atoms with Crippen LogP contribution in [-0.4, -0.2) is 48.9 Å². The number of hydrogen-bond donors (Lipinski definition) is 2. The second-order valence-corrected chi connectivity index (χ2v) is 5.09. The lowest BCUT2D eigenvalue weighted by atomic mass is 10.1. The van der Waals surface area contributed by atoms with Crippen molar-refractivity contribution in [3.8, 4) is 0 Å². The highest BCUT2D eigenvalue weighted by Gasteiger charge is 2.20. The molecule has 5 heteroatoms. The SMILES string of the molecule is CCN(C(=O)c1cc(N)cc(N)c1)C(C)CN(C)C. The standard InChI is InChI=1S/C14H24N4O/c1-5-18(10(2)9-17(3)4)14(19)11-6-12(15)8-13(16)7-11/h6-8,10H,5,9,15-16H2,1-4H3. The number of hydrogen-bond acceptors (Lipinski definition) is 4. The van der Waals surface area contributed by atoms with Gasteiger partial charge in [0.05, 0.1) is 0 Å². The van der Waals surface area contributed by atoms with E-state index in [1.807, 2.05) is 32.8 Å². The van der Waals surface area contributed by atoms with Crippen molar-refractivity contribution in [1.29, 1.82) is 0 Å². The lowest BCUT2D eigenvalue weighted by Crippen LogP contribution is -2.43. The Balaban J connectivity index is 2.94. The van der Waals surface area contributed by atoms with Crippen LogP contribution in [0.25, 0.3) is 0 Å². The Bertz CT molecular complexity index is 425. The molecule has 106 valence electrons. The van der Waals surface area contributed by atoms with Crippen LogP contribution >= 0.6 is 0 Å². The molecular formula is C14H24N4O. The number of benzene rings is 1. The lowest BCUT2D eigenvalue weighted by molar-refractivity contribution is 0.0679. The molecule has 5 nitrogen and oxygen atoms in total. The van der Waals surface area contributed by atoms with Gasteiger partial charge in [0.15, 0.2) is 0 Å². The van der Waals surface area contributed by atoms with E-state index in [2.05, 4.69) is 4.90 Å². The van der Waals surface area contributed by atoms with Gasteiger partial charge in [0, 0.05) is 36.1 Å². The van der Waals surface area contributed by atoms with Gasteiger partial charge >= 0.3 is 0 Å². The predicted molar refractivity (Wildman–Crippen MR) is 80.0 cm³/mol. The number of rotatable bonds is 5. The summed E-state index contributed by atoms with van der Waals surface area (Å²) in [4.78, 5) is 16.4. The van der Waals surface area contributed by atoms with E-state index in [9.17, 15) is 4.79 Å². The van der Waals surface area contributed by atoms with Gasteiger partial charge in [0.1, 0.15) is 0 Å². The molecule has 1 rings (SSSR count). The van der Waals surface area contributed by atoms with E-state index in [-0.39, 0.29) is 11.9 Å². The molecule has 0 saturated carbocycles. The molecule has 0 radical (unpaired) electrons. The summed E-state index contributed by atoms with van der Waals surface area (Å²) in [6.45, 7) is 5.48. The number of likely N-dealkylation sites (N-methyl/N-ethyl adjacent to an activating group) is 2. The van der Waals surface area contributed by atoms with Crippen molar-refractivity contribution in [3.63, 3.8) is 0 Å². The Morgan fingerprint density at radius 3 is 2.16 bits per heavy atom. The van der Waals surface area contributed by atoms with Crippen LogP contribution in [0.1, 0.15) is 24.2 Å². The minimum Gasteiger partial charge on any atom is -0.399 e. The Labute approximate surface area is 115 Å². The third kappa shape index (κ3) is 4.13. The third-order valence-corrected chi connectivity index (χ3v) is 2.99. The molecule has 4 N–H and O–H groups in total. The van der Waals surface area contributed by atoms with Crippen molar-refractivity contribution in [2.45, 2.75) is 19.9 Å². The van der Waals surface area contributed by atoms with Gasteiger partial charge in [-0.3, -0.25) is 4.79 Å². The maximum Gasteiger partial charge on any atom is 0.254 e. The first kappa shape index (κ1) is 15.3. The fourth-order valence-corrected chi connectivity index (χ4v) is 2.25. The van der Waals surface area contributed by atoms with Crippen molar-refractivity contribution < 1.29 is 4.79 Å². The van der Waals surface area contributed by atoms with Crippen molar-refractivity contribution >= 4 is 17.3 Å². The smallest absolute Gasteiger partial charge is 0.254 e. The molecule has 1 unspecified atom stereocenters. The van der Waals surface area contributed by atoms with Crippen LogP contribution in [0.4, 0.5) is 11.4 Å². The van der Waals surface area contributed by atoms with E-state index in [4.69, 9.17) is 11.5 Å². The fraction of sp³-hybridized carbons (Fsp3) is 0.500. The summed E-state index contributed by atoms with van der Waals surface area (Å²) in [5.41, 5.74) is 13.0. The molecule has 0 saturated heterocycles. The quantitative estimate of drug-likeness (QED) is 0.785. The Hall–Kier alpha value is -1.75. The van der Waals surface area contributed by atoms with Crippen LogP contribution in [0.3, 0.4) is 0 Å². The summed E-state index contributed by atoms with van der Waals surface area (Å²) in [6, 6.07) is 5.12. The minimum absolute atomic E-state index is 0.0316. The molecular weight excluding hydrogens is 240 g/mol. The highest BCUT2D eigenvalue weighted by Crippen LogP contribution is 2.16. The number of amides is 1. The number of nitrogens with zero attached hydrogens (tertiary/aromatic N) is 2. The predicted octanol–water partition coefficient (Wildman–Crippen LogP) is 1.26. The van der Waals surface area contributed by atoms with Gasteiger partial charge < -0.3 is 21.3 Å². The van der Waals surface area contributed by atoms with Gasteiger partial charge in [-0.1, -0.05) is 0 Å². The molecule has 0 bridgehead atoms. The number of nitrogen functional groups attached to an aromatic ring is 2. The summed E-state index contributed by atoms with van der Waals surface area (Å²) in [5.74, 6) is -0.0316. The summed E-state index contributed by atoms with van der Waals surface area (Å²) in [7, 11) is 3.99. The summed E-state index contributed by atoms with van der Waals surface area (Å²) in [5, 5.41) is 0. The highest BCUT2D eigenvalue weighted by molar-refractivity contribution is 5.96. The van der Waals surface area contributed by atoms with Crippen LogP contribution in [0.15, 0.2) is 18.2 Å². The molecule has 0 aliphatic carbocycles. The Morgan fingerprint density at radius 2 is 1.74 bits per heavy atom. The van der Waals surface area contributed by atoms with Gasteiger partial charge in [-0.05, 0) is 46.1 Å². The number of nitrogens with two attached hydrogens (primary N) is 2. The van der Waals surface area contributed by atoms with Gasteiger partial charge in [-0.2, -0.15) is 0 Å². The average Bonchev–Trinajstić information content (AvgIpc) is 2.27. The van der Waals surface area contributed by atoms with E-state index in [0.717, 1.165) is 6.54 Å². The van der Waals surface area contributed by atoms with Crippen LogP contribution < -0.4 is 11.5 Å². The first-order valence-electron chi connectivity index (χ1n) is 6.46. The van der Waals surface area contributed by atoms with Crippen LogP contribution in [-0.2, 0) is 0 Å². The van der Waals surface area contributed by atoms with Gasteiger partial charge in [-0.15, -0.1) is 0 Å². The van der Waals surface area contributed by atoms with E-state index in [1.165, 1.54) is 0 Å². The van der Waals surface area contributed by atoms with Crippen molar-refractivity contribution in [1.82, 2.24) is 9.80 Å². The summed E-state index contributed by atoms with van der Waals surface area (Å²) >= 11 is 0. The first-order valence-corrected chi connectivity index (χ1v) is 6.46. The lowest BCUT2D eigenvalue weighted by Gasteiger charge is -2.30. The second-order valence-electron chi connectivity index (χ2n) is 5.09. The van der Waals surface area contributed by atoms with Crippen LogP contribution in [0.5, 0.6) is 0 Å². The Morgan fingerprint density at radius 1 is 1.21 bits per heavy atom. The molecule has 0 aliphatic rings. The van der Waals surface area contributed by atoms with Gasteiger partial charge in [-0.25, -0.2) is 0 Å². The highest BCUT2D eigenvalue weighted by atomic mass is 16.2. The van der Waals surface area contributed by atoms with Crippen LogP contribution in [0, 0.1) is 0 Å². The molecule has 19 heavy (non-hydrogen) atoms. The van der Waals surface area contributed by atoms with Gasteiger partial charge in [0.2, 0.25) is 0 Å². The number of carbonyl (C=O) groups is 1. The second kappa shape index (κ2) is 6.43. The normalized spacial score (nSPS) is 12.5. The monoisotopic (exact) mass is 264 g/mol. The van der Waals surface area contributed by atoms with Crippen molar-refractivity contribution in [2.24, 2.45) is 0 Å². The number of anilines is 2. The summed E-state index contributed by atoms with van der Waals surface area (Å²) in [6.07, 6.45) is 0. The Kier molecular flexibility index (Phi) is 5.18. The fourth-order valence-electron chi connectivity index (χ4n) is 2.25. The zero-order valence-corrected chi connectivity index (χ0v) is 12.2. The molecule has 1 aromatic carbocycles. The third-order valence-electron chi connectivity index (χ3n) is 2.99. The molecule has 0 aliphatic heterocycles. The molecule has 1 atom stereocenters. The zero-order valence-electron chi connectivity index (χ0n) is 12.2.